The van der Waals surface area contributed by atoms with Crippen molar-refractivity contribution < 1.29 is 4.74 Å². The average molecular weight is 428 g/mol. The van der Waals surface area contributed by atoms with Gasteiger partial charge in [-0.05, 0) is 69.6 Å². The molecule has 5 atom stereocenters. The van der Waals surface area contributed by atoms with Gasteiger partial charge < -0.3 is 10.5 Å². The van der Waals surface area contributed by atoms with Crippen molar-refractivity contribution in [2.24, 2.45) is 17.6 Å². The molecule has 160 valence electrons. The Morgan fingerprint density at radius 3 is 2.61 bits per heavy atom. The molecule has 0 saturated heterocycles. The molecule has 5 unspecified atom stereocenters. The summed E-state index contributed by atoms with van der Waals surface area (Å²) in [5.41, 5.74) is 8.21. The molecule has 28 heavy (non-hydrogen) atoms. The Hall–Kier alpha value is -0.0400. The normalized spacial score (nSPS) is 36.0. The number of hydrogen-bond acceptors (Lipinski definition) is 5. The first-order valence-electron chi connectivity index (χ1n) is 11.0. The topological polar surface area (TPSA) is 59.3 Å². The number of thiol groups is 1. The summed E-state index contributed by atoms with van der Waals surface area (Å²) in [5, 5.41) is 7.59. The molecular formula is C22H38ClN3OS. The Bertz CT molecular complexity index is 536. The zero-order valence-electron chi connectivity index (χ0n) is 17.2. The van der Waals surface area contributed by atoms with E-state index in [1.54, 1.807) is 7.11 Å². The monoisotopic (exact) mass is 427 g/mol. The molecule has 0 heterocycles. The second kappa shape index (κ2) is 11.4. The van der Waals surface area contributed by atoms with Crippen molar-refractivity contribution in [3.05, 3.63) is 23.8 Å². The Labute approximate surface area is 181 Å². The fraction of sp³-hybridized carbons (Fsp3) is 0.818. The van der Waals surface area contributed by atoms with Crippen LogP contribution in [0.3, 0.4) is 0 Å². The highest BCUT2D eigenvalue weighted by Crippen LogP contribution is 2.35. The third kappa shape index (κ3) is 6.48. The first kappa shape index (κ1) is 22.6. The molecule has 4 nitrogen and oxygen atoms in total. The fourth-order valence-corrected chi connectivity index (χ4v) is 5.53. The second-order valence-corrected chi connectivity index (χ2v) is 9.88. The third-order valence-corrected chi connectivity index (χ3v) is 7.67. The Morgan fingerprint density at radius 2 is 1.93 bits per heavy atom. The van der Waals surface area contributed by atoms with Crippen LogP contribution in [0.5, 0.6) is 0 Å². The summed E-state index contributed by atoms with van der Waals surface area (Å²) in [6.45, 7) is 0.886. The summed E-state index contributed by atoms with van der Waals surface area (Å²) in [7, 11) is 1.80. The standard InChI is InChI=1S/C22H38ClN3OS/c1-27-18-12-6-15(7-13-18)14-25-22(28)26-20-5-3-2-4-19(20)21(24)16-8-10-17(23)11-9-16/h2-3,6,16-22,25-26,28H,4-5,7-14,24H2,1H3. The van der Waals surface area contributed by atoms with Gasteiger partial charge in [-0.15, -0.1) is 24.2 Å². The molecule has 3 rings (SSSR count). The molecule has 1 saturated carbocycles. The maximum absolute atomic E-state index is 6.77. The van der Waals surface area contributed by atoms with E-state index in [1.165, 1.54) is 18.4 Å². The van der Waals surface area contributed by atoms with Gasteiger partial charge in [0, 0.05) is 31.1 Å². The van der Waals surface area contributed by atoms with Crippen LogP contribution in [-0.2, 0) is 4.74 Å². The highest BCUT2D eigenvalue weighted by molar-refractivity contribution is 7.80. The summed E-state index contributed by atoms with van der Waals surface area (Å²) in [4.78, 5) is 0. The van der Waals surface area contributed by atoms with Gasteiger partial charge >= 0.3 is 0 Å². The van der Waals surface area contributed by atoms with E-state index >= 15 is 0 Å². The zero-order valence-corrected chi connectivity index (χ0v) is 18.8. The minimum Gasteiger partial charge on any atom is -0.381 e. The number of rotatable bonds is 8. The van der Waals surface area contributed by atoms with E-state index in [2.05, 4.69) is 28.9 Å². The Kier molecular flexibility index (Phi) is 9.20. The number of ether oxygens (including phenoxy) is 1. The minimum atomic E-state index is -0.0224. The van der Waals surface area contributed by atoms with Gasteiger partial charge in [0.2, 0.25) is 0 Å². The van der Waals surface area contributed by atoms with Gasteiger partial charge in [-0.1, -0.05) is 23.8 Å². The Balaban J connectivity index is 1.47. The van der Waals surface area contributed by atoms with E-state index in [0.717, 1.165) is 51.5 Å². The van der Waals surface area contributed by atoms with Gasteiger partial charge in [0.15, 0.2) is 0 Å². The van der Waals surface area contributed by atoms with Crippen LogP contribution < -0.4 is 16.4 Å². The summed E-state index contributed by atoms with van der Waals surface area (Å²) in [5.74, 6) is 1.07. The minimum absolute atomic E-state index is 0.0224. The summed E-state index contributed by atoms with van der Waals surface area (Å²) in [6.07, 6.45) is 17.2. The van der Waals surface area contributed by atoms with Crippen LogP contribution in [0, 0.1) is 11.8 Å². The molecule has 0 aromatic heterocycles. The smallest absolute Gasteiger partial charge is 0.103 e. The molecule has 6 heteroatoms. The summed E-state index contributed by atoms with van der Waals surface area (Å²) >= 11 is 11.1. The number of hydrogen-bond donors (Lipinski definition) is 4. The molecule has 0 radical (unpaired) electrons. The van der Waals surface area contributed by atoms with E-state index in [4.69, 9.17) is 34.7 Å². The first-order chi connectivity index (χ1) is 13.6. The van der Waals surface area contributed by atoms with Crippen molar-refractivity contribution in [1.29, 1.82) is 0 Å². The van der Waals surface area contributed by atoms with Crippen LogP contribution in [0.25, 0.3) is 0 Å². The molecule has 4 N–H and O–H groups in total. The lowest BCUT2D eigenvalue weighted by molar-refractivity contribution is 0.0938. The number of nitrogens with one attached hydrogen (secondary N) is 2. The molecule has 3 aliphatic carbocycles. The maximum Gasteiger partial charge on any atom is 0.103 e. The number of methoxy groups -OCH3 is 1. The molecule has 0 bridgehead atoms. The quantitative estimate of drug-likeness (QED) is 0.205. The van der Waals surface area contributed by atoms with Crippen molar-refractivity contribution in [3.63, 3.8) is 0 Å². The van der Waals surface area contributed by atoms with Crippen molar-refractivity contribution in [1.82, 2.24) is 10.6 Å². The molecule has 0 aromatic rings. The van der Waals surface area contributed by atoms with Crippen molar-refractivity contribution in [3.8, 4) is 0 Å². The van der Waals surface area contributed by atoms with Crippen LogP contribution in [-0.4, -0.2) is 42.7 Å². The average Bonchev–Trinajstić information content (AvgIpc) is 2.73. The third-order valence-electron chi connectivity index (χ3n) is 6.91. The molecule has 0 aliphatic heterocycles. The molecule has 1 fully saturated rings. The molecule has 0 aromatic carbocycles. The fourth-order valence-electron chi connectivity index (χ4n) is 4.99. The van der Waals surface area contributed by atoms with Gasteiger partial charge in [-0.2, -0.15) is 0 Å². The molecule has 0 spiro atoms. The van der Waals surface area contributed by atoms with Crippen LogP contribution in [0.4, 0.5) is 0 Å². The van der Waals surface area contributed by atoms with Crippen LogP contribution >= 0.6 is 24.2 Å². The molecule has 0 amide bonds. The number of alkyl halides is 1. The van der Waals surface area contributed by atoms with Crippen molar-refractivity contribution in [2.75, 3.05) is 13.7 Å². The van der Waals surface area contributed by atoms with Crippen LogP contribution in [0.2, 0.25) is 0 Å². The zero-order chi connectivity index (χ0) is 19.9. The second-order valence-electron chi connectivity index (χ2n) is 8.75. The lowest BCUT2D eigenvalue weighted by Crippen LogP contribution is -2.54. The van der Waals surface area contributed by atoms with Crippen molar-refractivity contribution >= 4 is 24.2 Å². The van der Waals surface area contributed by atoms with E-state index in [9.17, 15) is 0 Å². The van der Waals surface area contributed by atoms with Gasteiger partial charge in [0.25, 0.3) is 0 Å². The SMILES string of the molecule is COC1CC=C(CNC(S)NC2CC=CCC2C(N)C2CCC(Cl)CC2)CC1. The van der Waals surface area contributed by atoms with Crippen LogP contribution in [0.15, 0.2) is 23.8 Å². The number of nitrogens with two attached hydrogens (primary N) is 1. The summed E-state index contributed by atoms with van der Waals surface area (Å²) < 4.78 is 5.44. The Morgan fingerprint density at radius 1 is 1.18 bits per heavy atom. The van der Waals surface area contributed by atoms with E-state index < -0.39 is 0 Å². The largest absolute Gasteiger partial charge is 0.381 e. The van der Waals surface area contributed by atoms with Gasteiger partial charge in [0.05, 0.1) is 6.10 Å². The summed E-state index contributed by atoms with van der Waals surface area (Å²) in [6, 6.07) is 0.612. The van der Waals surface area contributed by atoms with Gasteiger partial charge in [-0.25, -0.2) is 0 Å². The van der Waals surface area contributed by atoms with Gasteiger partial charge in [-0.3, -0.25) is 10.6 Å². The van der Waals surface area contributed by atoms with E-state index in [1.807, 2.05) is 0 Å². The van der Waals surface area contributed by atoms with E-state index in [-0.39, 0.29) is 11.5 Å². The predicted octanol–water partition coefficient (Wildman–Crippen LogP) is 3.96. The molecule has 3 aliphatic rings. The van der Waals surface area contributed by atoms with E-state index in [0.29, 0.717) is 29.4 Å². The van der Waals surface area contributed by atoms with Gasteiger partial charge in [0.1, 0.15) is 5.50 Å². The number of allylic oxidation sites excluding steroid dienone is 1. The highest BCUT2D eigenvalue weighted by atomic mass is 35.5. The maximum atomic E-state index is 6.77. The lowest BCUT2D eigenvalue weighted by Gasteiger charge is -2.40. The first-order valence-corrected chi connectivity index (χ1v) is 11.9. The van der Waals surface area contributed by atoms with Crippen molar-refractivity contribution in [2.45, 2.75) is 86.8 Å². The lowest BCUT2D eigenvalue weighted by atomic mass is 9.73. The number of halogens is 1. The molecular weight excluding hydrogens is 390 g/mol. The highest BCUT2D eigenvalue weighted by Gasteiger charge is 2.34. The van der Waals surface area contributed by atoms with Crippen LogP contribution in [0.1, 0.15) is 57.8 Å². The predicted molar refractivity (Wildman–Crippen MR) is 122 cm³/mol.